The molecule has 1 heterocycles. The molecule has 0 aromatic heterocycles. The molecule has 18 heavy (non-hydrogen) atoms. The molecule has 0 bridgehead atoms. The Bertz CT molecular complexity index is 437. The maximum Gasteiger partial charge on any atom is 0.0518 e. The summed E-state index contributed by atoms with van der Waals surface area (Å²) in [6, 6.07) is 7.22. The predicted molar refractivity (Wildman–Crippen MR) is 82.7 cm³/mol. The Balaban J connectivity index is 2.41. The van der Waals surface area contributed by atoms with Crippen LogP contribution in [0.1, 0.15) is 47.1 Å². The lowest BCUT2D eigenvalue weighted by Crippen LogP contribution is -2.39. The highest BCUT2D eigenvalue weighted by atomic mass is 32.2. The largest absolute Gasteiger partial charge is 0.380 e. The second kappa shape index (κ2) is 4.48. The summed E-state index contributed by atoms with van der Waals surface area (Å²) in [5.41, 5.74) is 3.29. The van der Waals surface area contributed by atoms with E-state index in [9.17, 15) is 0 Å². The minimum atomic E-state index is 0.193. The number of anilines is 1. The van der Waals surface area contributed by atoms with E-state index in [-0.39, 0.29) is 5.41 Å². The average molecular weight is 263 g/mol. The molecule has 0 aliphatic carbocycles. The van der Waals surface area contributed by atoms with Gasteiger partial charge in [0.05, 0.1) is 5.69 Å². The summed E-state index contributed by atoms with van der Waals surface area (Å²) in [6.07, 6.45) is 0. The van der Waals surface area contributed by atoms with Gasteiger partial charge >= 0.3 is 0 Å². The zero-order chi connectivity index (χ0) is 13.6. The molecule has 1 atom stereocenters. The van der Waals surface area contributed by atoms with Crippen molar-refractivity contribution in [1.29, 1.82) is 0 Å². The van der Waals surface area contributed by atoms with E-state index >= 15 is 0 Å². The van der Waals surface area contributed by atoms with E-state index in [0.717, 1.165) is 5.75 Å². The molecule has 1 unspecified atom stereocenters. The maximum atomic E-state index is 3.79. The smallest absolute Gasteiger partial charge is 0.0518 e. The highest BCUT2D eigenvalue weighted by molar-refractivity contribution is 7.99. The number of para-hydroxylation sites is 1. The zero-order valence-corrected chi connectivity index (χ0v) is 13.2. The number of hydrogen-bond donors (Lipinski definition) is 1. The molecule has 100 valence electrons. The van der Waals surface area contributed by atoms with Crippen LogP contribution < -0.4 is 5.32 Å². The van der Waals surface area contributed by atoms with E-state index in [0.29, 0.717) is 11.5 Å². The molecule has 0 fully saturated rings. The van der Waals surface area contributed by atoms with E-state index in [2.05, 4.69) is 65.1 Å². The molecule has 1 aliphatic heterocycles. The van der Waals surface area contributed by atoms with Gasteiger partial charge in [-0.3, -0.25) is 0 Å². The number of fused-ring (bicyclic) bond motifs is 1. The Morgan fingerprint density at radius 2 is 1.78 bits per heavy atom. The lowest BCUT2D eigenvalue weighted by atomic mass is 9.83. The first-order valence-corrected chi connectivity index (χ1v) is 7.71. The van der Waals surface area contributed by atoms with Gasteiger partial charge in [-0.05, 0) is 22.5 Å². The van der Waals surface area contributed by atoms with E-state index in [4.69, 9.17) is 0 Å². The number of benzene rings is 1. The second-order valence-corrected chi connectivity index (χ2v) is 8.36. The van der Waals surface area contributed by atoms with E-state index < -0.39 is 0 Å². The quantitative estimate of drug-likeness (QED) is 0.713. The first-order chi connectivity index (χ1) is 8.19. The van der Waals surface area contributed by atoms with Crippen LogP contribution in [0.15, 0.2) is 23.1 Å². The zero-order valence-electron chi connectivity index (χ0n) is 12.4. The minimum absolute atomic E-state index is 0.193. The van der Waals surface area contributed by atoms with Gasteiger partial charge in [-0.2, -0.15) is 0 Å². The maximum absolute atomic E-state index is 3.79. The van der Waals surface area contributed by atoms with E-state index in [1.165, 1.54) is 16.1 Å². The number of thioether (sulfide) groups is 1. The van der Waals surface area contributed by atoms with Gasteiger partial charge in [-0.15, -0.1) is 11.8 Å². The third kappa shape index (κ3) is 2.69. The van der Waals surface area contributed by atoms with Gasteiger partial charge in [0.2, 0.25) is 0 Å². The molecule has 0 amide bonds. The lowest BCUT2D eigenvalue weighted by molar-refractivity contribution is 0.361. The summed E-state index contributed by atoms with van der Waals surface area (Å²) in [6.45, 7) is 13.8. The van der Waals surface area contributed by atoms with Gasteiger partial charge in [0.25, 0.3) is 0 Å². The Morgan fingerprint density at radius 3 is 2.33 bits per heavy atom. The lowest BCUT2D eigenvalue weighted by Gasteiger charge is -2.38. The first kappa shape index (κ1) is 13.8. The highest BCUT2D eigenvalue weighted by Crippen LogP contribution is 2.43. The SMILES string of the molecule is CC(C)(C)c1cccc2c1NC(C(C)(C)C)CS2. The molecule has 2 rings (SSSR count). The fraction of sp³-hybridized carbons (Fsp3) is 0.625. The van der Waals surface area contributed by atoms with Crippen LogP contribution >= 0.6 is 11.8 Å². The molecular formula is C16H25NS. The summed E-state index contributed by atoms with van der Waals surface area (Å²) < 4.78 is 0. The van der Waals surface area contributed by atoms with Crippen molar-refractivity contribution in [3.05, 3.63) is 23.8 Å². The Hall–Kier alpha value is -0.630. The highest BCUT2D eigenvalue weighted by Gasteiger charge is 2.31. The van der Waals surface area contributed by atoms with Crippen LogP contribution in [0.5, 0.6) is 0 Å². The number of hydrogen-bond acceptors (Lipinski definition) is 2. The van der Waals surface area contributed by atoms with Crippen molar-refractivity contribution < 1.29 is 0 Å². The standard InChI is InChI=1S/C16H25NS/c1-15(2,3)11-8-7-9-12-14(11)17-13(10-18-12)16(4,5)6/h7-9,13,17H,10H2,1-6H3. The molecule has 1 aliphatic rings. The molecular weight excluding hydrogens is 238 g/mol. The van der Waals surface area contributed by atoms with Crippen molar-refractivity contribution in [3.63, 3.8) is 0 Å². The molecule has 0 spiro atoms. The van der Waals surface area contributed by atoms with Crippen LogP contribution in [0.25, 0.3) is 0 Å². The van der Waals surface area contributed by atoms with Crippen LogP contribution in [0.3, 0.4) is 0 Å². The first-order valence-electron chi connectivity index (χ1n) is 6.72. The number of nitrogens with one attached hydrogen (secondary N) is 1. The minimum Gasteiger partial charge on any atom is -0.380 e. The molecule has 1 aromatic rings. The number of rotatable bonds is 0. The van der Waals surface area contributed by atoms with Crippen LogP contribution in [0.4, 0.5) is 5.69 Å². The molecule has 2 heteroatoms. The van der Waals surface area contributed by atoms with Gasteiger partial charge in [-0.25, -0.2) is 0 Å². The summed E-state index contributed by atoms with van der Waals surface area (Å²) in [5, 5.41) is 3.79. The van der Waals surface area contributed by atoms with Gasteiger partial charge in [0.15, 0.2) is 0 Å². The topological polar surface area (TPSA) is 12.0 Å². The van der Waals surface area contributed by atoms with Crippen LogP contribution in [0, 0.1) is 5.41 Å². The van der Waals surface area contributed by atoms with E-state index in [1.807, 2.05) is 11.8 Å². The monoisotopic (exact) mass is 263 g/mol. The van der Waals surface area contributed by atoms with Crippen molar-refractivity contribution in [2.75, 3.05) is 11.1 Å². The van der Waals surface area contributed by atoms with E-state index in [1.54, 1.807) is 0 Å². The fourth-order valence-corrected chi connectivity index (χ4v) is 3.70. The van der Waals surface area contributed by atoms with Gasteiger partial charge in [0.1, 0.15) is 0 Å². The summed E-state index contributed by atoms with van der Waals surface area (Å²) in [5.74, 6) is 1.16. The van der Waals surface area contributed by atoms with Gasteiger partial charge in [0, 0.05) is 16.7 Å². The van der Waals surface area contributed by atoms with Gasteiger partial charge < -0.3 is 5.32 Å². The van der Waals surface area contributed by atoms with Crippen molar-refractivity contribution in [2.45, 2.75) is 57.9 Å². The Kier molecular flexibility index (Phi) is 3.44. The fourth-order valence-electron chi connectivity index (χ4n) is 2.28. The predicted octanol–water partition coefficient (Wildman–Crippen LogP) is 4.92. The molecule has 1 aromatic carbocycles. The molecule has 0 saturated heterocycles. The van der Waals surface area contributed by atoms with Gasteiger partial charge in [-0.1, -0.05) is 53.7 Å². The van der Waals surface area contributed by atoms with Crippen molar-refractivity contribution in [1.82, 2.24) is 0 Å². The summed E-state index contributed by atoms with van der Waals surface area (Å²) in [4.78, 5) is 1.41. The normalized spacial score (nSPS) is 20.2. The molecule has 0 saturated carbocycles. The molecule has 1 N–H and O–H groups in total. The van der Waals surface area contributed by atoms with Crippen LogP contribution in [0.2, 0.25) is 0 Å². The summed E-state index contributed by atoms with van der Waals surface area (Å²) in [7, 11) is 0. The third-order valence-corrected chi connectivity index (χ3v) is 4.75. The van der Waals surface area contributed by atoms with Crippen molar-refractivity contribution >= 4 is 17.4 Å². The van der Waals surface area contributed by atoms with Crippen molar-refractivity contribution in [2.24, 2.45) is 5.41 Å². The van der Waals surface area contributed by atoms with Crippen LogP contribution in [-0.4, -0.2) is 11.8 Å². The second-order valence-electron chi connectivity index (χ2n) is 7.30. The van der Waals surface area contributed by atoms with Crippen molar-refractivity contribution in [3.8, 4) is 0 Å². The summed E-state index contributed by atoms with van der Waals surface area (Å²) >= 11 is 1.99. The third-order valence-electron chi connectivity index (χ3n) is 3.60. The Labute approximate surface area is 116 Å². The van der Waals surface area contributed by atoms with Crippen LogP contribution in [-0.2, 0) is 5.41 Å². The average Bonchev–Trinajstić information content (AvgIpc) is 2.25. The Morgan fingerprint density at radius 1 is 1.11 bits per heavy atom. The molecule has 1 nitrogen and oxygen atoms in total. The molecule has 0 radical (unpaired) electrons.